The standard InChI is InChI=1S/C15H21N3OS/c1-10-6-5-7-11(13(16)20)12(10)18-9-8-17(4)14(19)15(18,2)3/h5-7H,8-9H2,1-4H3,(H2,16,20). The van der Waals surface area contributed by atoms with Gasteiger partial charge >= 0.3 is 0 Å². The first kappa shape index (κ1) is 14.8. The summed E-state index contributed by atoms with van der Waals surface area (Å²) in [5.41, 5.74) is 8.15. The molecule has 1 aliphatic heterocycles. The highest BCUT2D eigenvalue weighted by Crippen LogP contribution is 2.33. The number of carbonyl (C=O) groups is 1. The Morgan fingerprint density at radius 2 is 2.00 bits per heavy atom. The fourth-order valence-corrected chi connectivity index (χ4v) is 2.99. The summed E-state index contributed by atoms with van der Waals surface area (Å²) in [5.74, 6) is 0.112. The van der Waals surface area contributed by atoms with Gasteiger partial charge in [0.2, 0.25) is 5.91 Å². The maximum Gasteiger partial charge on any atom is 0.247 e. The lowest BCUT2D eigenvalue weighted by Crippen LogP contribution is -2.62. The molecule has 1 aromatic carbocycles. The molecule has 1 fully saturated rings. The molecule has 2 N–H and O–H groups in total. The SMILES string of the molecule is Cc1cccc(C(N)=S)c1N1CCN(C)C(=O)C1(C)C. The predicted octanol–water partition coefficient (Wildman–Crippen LogP) is 1.69. The second kappa shape index (κ2) is 5.05. The molecule has 4 nitrogen and oxygen atoms in total. The number of aryl methyl sites for hydroxylation is 1. The van der Waals surface area contributed by atoms with Gasteiger partial charge in [0.05, 0.1) is 5.69 Å². The average Bonchev–Trinajstić information content (AvgIpc) is 2.37. The third kappa shape index (κ3) is 2.26. The van der Waals surface area contributed by atoms with Crippen molar-refractivity contribution in [3.8, 4) is 0 Å². The number of carbonyl (C=O) groups excluding carboxylic acids is 1. The van der Waals surface area contributed by atoms with Crippen LogP contribution in [0.4, 0.5) is 5.69 Å². The van der Waals surface area contributed by atoms with Crippen LogP contribution < -0.4 is 10.6 Å². The average molecular weight is 291 g/mol. The van der Waals surface area contributed by atoms with Crippen LogP contribution >= 0.6 is 12.2 Å². The molecule has 1 heterocycles. The zero-order valence-electron chi connectivity index (χ0n) is 12.4. The summed E-state index contributed by atoms with van der Waals surface area (Å²) in [6.45, 7) is 7.39. The highest BCUT2D eigenvalue weighted by molar-refractivity contribution is 7.80. The molecule has 0 aromatic heterocycles. The van der Waals surface area contributed by atoms with Gasteiger partial charge in [-0.05, 0) is 32.4 Å². The number of benzene rings is 1. The summed E-state index contributed by atoms with van der Waals surface area (Å²) in [7, 11) is 1.84. The van der Waals surface area contributed by atoms with E-state index in [1.807, 2.05) is 46.0 Å². The van der Waals surface area contributed by atoms with Crippen LogP contribution in [-0.4, -0.2) is 41.5 Å². The Labute approximate surface area is 125 Å². The largest absolute Gasteiger partial charge is 0.389 e. The topological polar surface area (TPSA) is 49.6 Å². The van der Waals surface area contributed by atoms with E-state index in [-0.39, 0.29) is 5.91 Å². The third-order valence-corrected chi connectivity index (χ3v) is 4.20. The fourth-order valence-electron chi connectivity index (χ4n) is 2.82. The van der Waals surface area contributed by atoms with Crippen LogP contribution in [-0.2, 0) is 4.79 Å². The molecule has 0 atom stereocenters. The molecule has 0 unspecified atom stereocenters. The molecule has 20 heavy (non-hydrogen) atoms. The third-order valence-electron chi connectivity index (χ3n) is 3.98. The second-order valence-electron chi connectivity index (χ2n) is 5.77. The smallest absolute Gasteiger partial charge is 0.247 e. The summed E-state index contributed by atoms with van der Waals surface area (Å²) in [6.07, 6.45) is 0. The van der Waals surface area contributed by atoms with Crippen molar-refractivity contribution in [1.29, 1.82) is 0 Å². The van der Waals surface area contributed by atoms with Crippen LogP contribution in [0, 0.1) is 6.92 Å². The molecule has 0 aliphatic carbocycles. The number of hydrogen-bond donors (Lipinski definition) is 1. The highest BCUT2D eigenvalue weighted by atomic mass is 32.1. The summed E-state index contributed by atoms with van der Waals surface area (Å²) >= 11 is 5.16. The number of nitrogens with two attached hydrogens (primary N) is 1. The van der Waals surface area contributed by atoms with Gasteiger partial charge in [0.15, 0.2) is 0 Å². The van der Waals surface area contributed by atoms with Gasteiger partial charge in [0, 0.05) is 25.7 Å². The number of para-hydroxylation sites is 1. The summed E-state index contributed by atoms with van der Waals surface area (Å²) in [5, 5.41) is 0. The molecule has 5 heteroatoms. The lowest BCUT2D eigenvalue weighted by atomic mass is 9.94. The van der Waals surface area contributed by atoms with Gasteiger partial charge in [0.25, 0.3) is 0 Å². The molecular formula is C15H21N3OS. The number of nitrogens with zero attached hydrogens (tertiary/aromatic N) is 2. The van der Waals surface area contributed by atoms with Crippen molar-refractivity contribution >= 4 is 28.8 Å². The summed E-state index contributed by atoms with van der Waals surface area (Å²) < 4.78 is 0. The number of hydrogen-bond acceptors (Lipinski definition) is 3. The zero-order valence-corrected chi connectivity index (χ0v) is 13.3. The van der Waals surface area contributed by atoms with Gasteiger partial charge in [-0.1, -0.05) is 24.4 Å². The number of rotatable bonds is 2. The minimum absolute atomic E-state index is 0.112. The molecule has 2 rings (SSSR count). The highest BCUT2D eigenvalue weighted by Gasteiger charge is 2.41. The first-order valence-corrected chi connectivity index (χ1v) is 7.10. The van der Waals surface area contributed by atoms with E-state index in [0.29, 0.717) is 11.5 Å². The maximum atomic E-state index is 12.4. The van der Waals surface area contributed by atoms with Crippen LogP contribution in [0.3, 0.4) is 0 Å². The normalized spacial score (nSPS) is 18.3. The number of anilines is 1. The number of piperazine rings is 1. The molecule has 0 bridgehead atoms. The first-order chi connectivity index (χ1) is 9.26. The van der Waals surface area contributed by atoms with Gasteiger partial charge in [-0.25, -0.2) is 0 Å². The lowest BCUT2D eigenvalue weighted by Gasteiger charge is -2.47. The molecule has 108 valence electrons. The van der Waals surface area contributed by atoms with Crippen molar-refractivity contribution < 1.29 is 4.79 Å². The van der Waals surface area contributed by atoms with Crippen molar-refractivity contribution in [3.05, 3.63) is 29.3 Å². The van der Waals surface area contributed by atoms with Crippen molar-refractivity contribution in [1.82, 2.24) is 4.90 Å². The molecule has 0 radical (unpaired) electrons. The Morgan fingerprint density at radius 3 is 2.60 bits per heavy atom. The number of amides is 1. The van der Waals surface area contributed by atoms with Gasteiger partial charge < -0.3 is 15.5 Å². The molecule has 0 spiro atoms. The second-order valence-corrected chi connectivity index (χ2v) is 6.21. The molecule has 1 aliphatic rings. The van der Waals surface area contributed by atoms with Crippen LogP contribution in [0.2, 0.25) is 0 Å². The van der Waals surface area contributed by atoms with Gasteiger partial charge in [0.1, 0.15) is 10.5 Å². The minimum Gasteiger partial charge on any atom is -0.389 e. The Balaban J connectivity index is 2.57. The minimum atomic E-state index is -0.599. The lowest BCUT2D eigenvalue weighted by molar-refractivity contribution is -0.136. The van der Waals surface area contributed by atoms with E-state index in [1.54, 1.807) is 4.90 Å². The van der Waals surface area contributed by atoms with E-state index in [9.17, 15) is 4.79 Å². The molecular weight excluding hydrogens is 270 g/mol. The quantitative estimate of drug-likeness (QED) is 0.842. The Kier molecular flexibility index (Phi) is 3.73. The predicted molar refractivity (Wildman–Crippen MR) is 86.1 cm³/mol. The van der Waals surface area contributed by atoms with E-state index < -0.39 is 5.54 Å². The number of thiocarbonyl (C=S) groups is 1. The monoisotopic (exact) mass is 291 g/mol. The van der Waals surface area contributed by atoms with Gasteiger partial charge in [-0.15, -0.1) is 0 Å². The van der Waals surface area contributed by atoms with E-state index in [2.05, 4.69) is 4.90 Å². The molecule has 1 saturated heterocycles. The van der Waals surface area contributed by atoms with Crippen LogP contribution in [0.15, 0.2) is 18.2 Å². The number of likely N-dealkylation sites (N-methyl/N-ethyl adjacent to an activating group) is 1. The molecule has 0 saturated carbocycles. The zero-order chi connectivity index (χ0) is 15.1. The van der Waals surface area contributed by atoms with Gasteiger partial charge in [-0.3, -0.25) is 4.79 Å². The van der Waals surface area contributed by atoms with E-state index in [1.165, 1.54) is 0 Å². The van der Waals surface area contributed by atoms with Crippen LogP contribution in [0.25, 0.3) is 0 Å². The Morgan fingerprint density at radius 1 is 1.35 bits per heavy atom. The van der Waals surface area contributed by atoms with Crippen molar-refractivity contribution in [2.75, 3.05) is 25.0 Å². The molecule has 1 amide bonds. The first-order valence-electron chi connectivity index (χ1n) is 6.69. The molecule has 1 aromatic rings. The van der Waals surface area contributed by atoms with Crippen molar-refractivity contribution in [2.24, 2.45) is 5.73 Å². The fraction of sp³-hybridized carbons (Fsp3) is 0.467. The van der Waals surface area contributed by atoms with E-state index >= 15 is 0 Å². The summed E-state index contributed by atoms with van der Waals surface area (Å²) in [6, 6.07) is 5.89. The van der Waals surface area contributed by atoms with Crippen molar-refractivity contribution in [3.63, 3.8) is 0 Å². The van der Waals surface area contributed by atoms with Gasteiger partial charge in [-0.2, -0.15) is 0 Å². The van der Waals surface area contributed by atoms with E-state index in [4.69, 9.17) is 18.0 Å². The van der Waals surface area contributed by atoms with Crippen LogP contribution in [0.1, 0.15) is 25.0 Å². The van der Waals surface area contributed by atoms with Crippen molar-refractivity contribution in [2.45, 2.75) is 26.3 Å². The summed E-state index contributed by atoms with van der Waals surface area (Å²) in [4.78, 5) is 16.7. The maximum absolute atomic E-state index is 12.4. The Bertz CT molecular complexity index is 568. The van der Waals surface area contributed by atoms with E-state index in [0.717, 1.165) is 23.4 Å². The Hall–Kier alpha value is -1.62. The van der Waals surface area contributed by atoms with Crippen LogP contribution in [0.5, 0.6) is 0 Å².